The van der Waals surface area contributed by atoms with Gasteiger partial charge in [-0.05, 0) is 61.9 Å². The van der Waals surface area contributed by atoms with Gasteiger partial charge in [-0.1, -0.05) is 30.1 Å². The van der Waals surface area contributed by atoms with Crippen molar-refractivity contribution in [2.75, 3.05) is 6.54 Å². The van der Waals surface area contributed by atoms with Crippen LogP contribution >= 0.6 is 23.2 Å². The number of benzene rings is 1. The summed E-state index contributed by atoms with van der Waals surface area (Å²) in [5, 5.41) is 5.16. The van der Waals surface area contributed by atoms with Gasteiger partial charge in [-0.2, -0.15) is 0 Å². The van der Waals surface area contributed by atoms with E-state index in [0.717, 1.165) is 28.9 Å². The fourth-order valence-electron chi connectivity index (χ4n) is 2.75. The molecule has 94 valence electrons. The monoisotopic (exact) mass is 271 g/mol. The lowest BCUT2D eigenvalue weighted by Crippen LogP contribution is -2.25. The molecule has 1 nitrogen and oxygen atoms in total. The molecule has 0 amide bonds. The van der Waals surface area contributed by atoms with Gasteiger partial charge in [-0.25, -0.2) is 0 Å². The zero-order valence-electron chi connectivity index (χ0n) is 10.2. The van der Waals surface area contributed by atoms with E-state index in [0.29, 0.717) is 6.04 Å². The van der Waals surface area contributed by atoms with Gasteiger partial charge in [0.2, 0.25) is 0 Å². The number of halogens is 2. The minimum absolute atomic E-state index is 0.697. The second-order valence-electron chi connectivity index (χ2n) is 4.87. The molecule has 0 radical (unpaired) electrons. The van der Waals surface area contributed by atoms with E-state index in [1.54, 1.807) is 0 Å². The molecule has 0 aliphatic heterocycles. The topological polar surface area (TPSA) is 12.0 Å². The summed E-state index contributed by atoms with van der Waals surface area (Å²) < 4.78 is 0. The van der Waals surface area contributed by atoms with Gasteiger partial charge >= 0.3 is 0 Å². The average Bonchev–Trinajstić information content (AvgIpc) is 2.72. The second kappa shape index (κ2) is 6.08. The summed E-state index contributed by atoms with van der Waals surface area (Å²) in [5.41, 5.74) is 1.20. The molecule has 0 aromatic heterocycles. The molecule has 1 aliphatic rings. The minimum atomic E-state index is 0.697. The molecule has 1 N–H and O–H groups in total. The summed E-state index contributed by atoms with van der Waals surface area (Å²) in [6.45, 7) is 3.23. The van der Waals surface area contributed by atoms with Crippen molar-refractivity contribution in [1.29, 1.82) is 0 Å². The maximum atomic E-state index is 6.20. The van der Waals surface area contributed by atoms with Crippen molar-refractivity contribution in [1.82, 2.24) is 5.32 Å². The van der Waals surface area contributed by atoms with E-state index >= 15 is 0 Å². The van der Waals surface area contributed by atoms with Gasteiger partial charge in [0.05, 0.1) is 0 Å². The highest BCUT2D eigenvalue weighted by atomic mass is 35.5. The van der Waals surface area contributed by atoms with Crippen LogP contribution in [-0.4, -0.2) is 12.6 Å². The number of rotatable bonds is 4. The molecular weight excluding hydrogens is 253 g/mol. The Morgan fingerprint density at radius 1 is 1.29 bits per heavy atom. The lowest BCUT2D eigenvalue weighted by molar-refractivity contribution is 0.493. The summed E-state index contributed by atoms with van der Waals surface area (Å²) in [5.74, 6) is 0.745. The maximum Gasteiger partial charge on any atom is 0.0439 e. The van der Waals surface area contributed by atoms with Crippen LogP contribution in [0.2, 0.25) is 10.0 Å². The predicted molar refractivity (Wildman–Crippen MR) is 75.0 cm³/mol. The van der Waals surface area contributed by atoms with Crippen molar-refractivity contribution < 1.29 is 0 Å². The van der Waals surface area contributed by atoms with Crippen molar-refractivity contribution in [2.45, 2.75) is 38.6 Å². The van der Waals surface area contributed by atoms with E-state index in [-0.39, 0.29) is 0 Å². The van der Waals surface area contributed by atoms with Gasteiger partial charge in [0.15, 0.2) is 0 Å². The first-order valence-electron chi connectivity index (χ1n) is 6.36. The van der Waals surface area contributed by atoms with E-state index in [1.807, 2.05) is 18.2 Å². The second-order valence-corrected chi connectivity index (χ2v) is 5.72. The Morgan fingerprint density at radius 2 is 2.12 bits per heavy atom. The van der Waals surface area contributed by atoms with Crippen LogP contribution in [0.5, 0.6) is 0 Å². The number of hydrogen-bond acceptors (Lipinski definition) is 1. The summed E-state index contributed by atoms with van der Waals surface area (Å²) in [6, 6.07) is 6.45. The van der Waals surface area contributed by atoms with Crippen LogP contribution in [-0.2, 0) is 6.42 Å². The molecule has 1 aliphatic carbocycles. The minimum Gasteiger partial charge on any atom is -0.314 e. The molecule has 2 rings (SSSR count). The molecular formula is C14H19Cl2N. The van der Waals surface area contributed by atoms with Crippen LogP contribution in [0.4, 0.5) is 0 Å². The normalized spacial score (nSPS) is 24.2. The van der Waals surface area contributed by atoms with E-state index in [9.17, 15) is 0 Å². The molecule has 0 spiro atoms. The zero-order valence-corrected chi connectivity index (χ0v) is 11.7. The number of nitrogens with one attached hydrogen (secondary N) is 1. The third-order valence-electron chi connectivity index (χ3n) is 3.55. The summed E-state index contributed by atoms with van der Waals surface area (Å²) in [7, 11) is 0. The molecule has 1 saturated carbocycles. The molecule has 1 aromatic carbocycles. The molecule has 0 bridgehead atoms. The SMILES string of the molecule is CCNC1CCC(Cc2cc(Cl)ccc2Cl)C1. The molecule has 2 atom stereocenters. The smallest absolute Gasteiger partial charge is 0.0439 e. The zero-order chi connectivity index (χ0) is 12.3. The van der Waals surface area contributed by atoms with Gasteiger partial charge < -0.3 is 5.32 Å². The molecule has 1 aromatic rings. The third-order valence-corrected chi connectivity index (χ3v) is 4.15. The van der Waals surface area contributed by atoms with Crippen molar-refractivity contribution in [3.8, 4) is 0 Å². The fourth-order valence-corrected chi connectivity index (χ4v) is 3.13. The Hall–Kier alpha value is -0.240. The van der Waals surface area contributed by atoms with E-state index in [1.165, 1.54) is 24.8 Å². The first-order chi connectivity index (χ1) is 8.19. The maximum absolute atomic E-state index is 6.20. The first-order valence-corrected chi connectivity index (χ1v) is 7.12. The Morgan fingerprint density at radius 3 is 2.88 bits per heavy atom. The van der Waals surface area contributed by atoms with Crippen LogP contribution in [0, 0.1) is 5.92 Å². The Balaban J connectivity index is 1.95. The Kier molecular flexibility index (Phi) is 4.72. The van der Waals surface area contributed by atoms with Gasteiger partial charge in [-0.15, -0.1) is 0 Å². The molecule has 0 heterocycles. The van der Waals surface area contributed by atoms with Gasteiger partial charge in [-0.3, -0.25) is 0 Å². The van der Waals surface area contributed by atoms with Crippen molar-refractivity contribution in [2.24, 2.45) is 5.92 Å². The van der Waals surface area contributed by atoms with Gasteiger partial charge in [0.25, 0.3) is 0 Å². The molecule has 0 saturated heterocycles. The summed E-state index contributed by atoms with van der Waals surface area (Å²) in [6.07, 6.45) is 4.90. The van der Waals surface area contributed by atoms with Crippen LogP contribution in [0.1, 0.15) is 31.7 Å². The Labute approximate surface area is 114 Å². The molecule has 2 unspecified atom stereocenters. The first kappa shape index (κ1) is 13.2. The quantitative estimate of drug-likeness (QED) is 0.861. The molecule has 3 heteroatoms. The van der Waals surface area contributed by atoms with Crippen LogP contribution < -0.4 is 5.32 Å². The summed E-state index contributed by atoms with van der Waals surface area (Å²) in [4.78, 5) is 0. The van der Waals surface area contributed by atoms with Gasteiger partial charge in [0, 0.05) is 16.1 Å². The van der Waals surface area contributed by atoms with Crippen LogP contribution in [0.25, 0.3) is 0 Å². The highest BCUT2D eigenvalue weighted by molar-refractivity contribution is 6.33. The molecule has 17 heavy (non-hydrogen) atoms. The van der Waals surface area contributed by atoms with Crippen molar-refractivity contribution in [3.05, 3.63) is 33.8 Å². The third kappa shape index (κ3) is 3.61. The largest absolute Gasteiger partial charge is 0.314 e. The fraction of sp³-hybridized carbons (Fsp3) is 0.571. The van der Waals surface area contributed by atoms with E-state index in [2.05, 4.69) is 12.2 Å². The van der Waals surface area contributed by atoms with Crippen molar-refractivity contribution in [3.63, 3.8) is 0 Å². The lowest BCUT2D eigenvalue weighted by Gasteiger charge is -2.13. The van der Waals surface area contributed by atoms with E-state index < -0.39 is 0 Å². The summed E-state index contributed by atoms with van der Waals surface area (Å²) >= 11 is 12.2. The number of hydrogen-bond donors (Lipinski definition) is 1. The standard InChI is InChI=1S/C14H19Cl2N/c1-2-17-13-5-3-10(8-13)7-11-9-12(15)4-6-14(11)16/h4,6,9-10,13,17H,2-3,5,7-8H2,1H3. The highest BCUT2D eigenvalue weighted by Gasteiger charge is 2.24. The lowest BCUT2D eigenvalue weighted by atomic mass is 9.98. The van der Waals surface area contributed by atoms with Gasteiger partial charge in [0.1, 0.15) is 0 Å². The van der Waals surface area contributed by atoms with E-state index in [4.69, 9.17) is 23.2 Å². The van der Waals surface area contributed by atoms with Crippen LogP contribution in [0.3, 0.4) is 0 Å². The predicted octanol–water partition coefficient (Wildman–Crippen LogP) is 4.31. The average molecular weight is 272 g/mol. The Bertz CT molecular complexity index is 378. The van der Waals surface area contributed by atoms with Crippen molar-refractivity contribution >= 4 is 23.2 Å². The molecule has 1 fully saturated rings. The van der Waals surface area contributed by atoms with Crippen LogP contribution in [0.15, 0.2) is 18.2 Å². The highest BCUT2D eigenvalue weighted by Crippen LogP contribution is 2.31.